The fraction of sp³-hybridized carbons (Fsp3) is 0.333. The molecular weight excluding hydrogens is 502 g/mol. The Balaban J connectivity index is 1.65. The number of benzene rings is 2. The van der Waals surface area contributed by atoms with Gasteiger partial charge in [-0.1, -0.05) is 17.8 Å². The summed E-state index contributed by atoms with van der Waals surface area (Å²) in [5.41, 5.74) is 4.99. The van der Waals surface area contributed by atoms with E-state index in [-0.39, 0.29) is 0 Å². The molecule has 190 valence electrons. The van der Waals surface area contributed by atoms with Gasteiger partial charge in [0.25, 0.3) is 0 Å². The van der Waals surface area contributed by atoms with Crippen LogP contribution in [-0.2, 0) is 21.2 Å². The lowest BCUT2D eigenvalue weighted by molar-refractivity contribution is 0.137. The molecule has 1 N–H and O–H groups in total. The predicted molar refractivity (Wildman–Crippen MR) is 143 cm³/mol. The average Bonchev–Trinajstić information content (AvgIpc) is 2.86. The fourth-order valence-electron chi connectivity index (χ4n) is 4.10. The van der Waals surface area contributed by atoms with Gasteiger partial charge in [0.1, 0.15) is 5.84 Å². The Morgan fingerprint density at radius 3 is 2.64 bits per heavy atom. The van der Waals surface area contributed by atoms with E-state index in [1.807, 2.05) is 31.2 Å². The van der Waals surface area contributed by atoms with Crippen LogP contribution in [-0.4, -0.2) is 68.5 Å². The number of sulfonamides is 1. The Morgan fingerprint density at radius 1 is 1.22 bits per heavy atom. The zero-order valence-electron chi connectivity index (χ0n) is 20.2. The highest BCUT2D eigenvalue weighted by atomic mass is 32.2. The molecule has 2 amide bonds. The van der Waals surface area contributed by atoms with E-state index in [9.17, 15) is 18.0 Å². The molecule has 0 bridgehead atoms. The van der Waals surface area contributed by atoms with Crippen molar-refractivity contribution in [2.45, 2.75) is 19.8 Å². The first-order valence-corrected chi connectivity index (χ1v) is 14.2. The summed E-state index contributed by atoms with van der Waals surface area (Å²) < 4.78 is 30.2. The molecule has 0 radical (unpaired) electrons. The van der Waals surface area contributed by atoms with E-state index in [2.05, 4.69) is 25.5 Å². The molecule has 12 heteroatoms. The summed E-state index contributed by atoms with van der Waals surface area (Å²) in [4.78, 5) is 30.9. The molecule has 2 aliphatic rings. The standard InChI is InChI=1S/C24H27N5O5S2/c1-4-25-22(16-7-10-19(11-8-16)27-36(3,32)33)28-13-5-6-18-14-17(9-12-21(18)28)20-15-35-24(31)29(26-20)23(30)34-2/h7-12,14,27H,4-6,13,15H2,1-3H3/b25-22-. The van der Waals surface area contributed by atoms with Crippen molar-refractivity contribution in [2.75, 3.05) is 41.8 Å². The third-order valence-corrected chi connectivity index (χ3v) is 7.06. The molecule has 0 spiro atoms. The number of thioether (sulfide) groups is 1. The number of ether oxygens (including phenoxy) is 1. The van der Waals surface area contributed by atoms with Gasteiger partial charge in [-0.15, -0.1) is 5.01 Å². The number of carbonyl (C=O) groups excluding carboxylic acids is 2. The SMILES string of the molecule is CC/N=C(/c1ccc(NS(C)(=O)=O)cc1)N1CCCc2cc(C3=NN(C(=O)OC)C(=O)SC3)ccc21. The van der Waals surface area contributed by atoms with Crippen LogP contribution in [0.5, 0.6) is 0 Å². The van der Waals surface area contributed by atoms with Gasteiger partial charge in [-0.05, 0) is 67.3 Å². The number of imide groups is 1. The number of carbonyl (C=O) groups is 2. The Bertz CT molecular complexity index is 1340. The minimum Gasteiger partial charge on any atom is -0.451 e. The van der Waals surface area contributed by atoms with Crippen molar-refractivity contribution in [3.8, 4) is 0 Å². The Kier molecular flexibility index (Phi) is 7.65. The molecule has 10 nitrogen and oxygen atoms in total. The van der Waals surface area contributed by atoms with Crippen LogP contribution < -0.4 is 9.62 Å². The van der Waals surface area contributed by atoms with Crippen LogP contribution in [0.25, 0.3) is 0 Å². The zero-order valence-corrected chi connectivity index (χ0v) is 21.9. The molecule has 0 atom stereocenters. The van der Waals surface area contributed by atoms with Crippen molar-refractivity contribution in [2.24, 2.45) is 10.1 Å². The number of nitrogens with one attached hydrogen (secondary N) is 1. The van der Waals surface area contributed by atoms with Gasteiger partial charge in [0.2, 0.25) is 10.0 Å². The summed E-state index contributed by atoms with van der Waals surface area (Å²) >= 11 is 1.01. The Morgan fingerprint density at radius 2 is 1.97 bits per heavy atom. The molecule has 2 heterocycles. The van der Waals surface area contributed by atoms with E-state index in [0.717, 1.165) is 70.6 Å². The van der Waals surface area contributed by atoms with Crippen LogP contribution in [0.1, 0.15) is 30.0 Å². The fourth-order valence-corrected chi connectivity index (χ4v) is 5.39. The number of rotatable bonds is 5. The third kappa shape index (κ3) is 5.71. The van der Waals surface area contributed by atoms with Crippen molar-refractivity contribution < 1.29 is 22.7 Å². The highest BCUT2D eigenvalue weighted by molar-refractivity contribution is 8.14. The van der Waals surface area contributed by atoms with Crippen LogP contribution in [0.4, 0.5) is 21.0 Å². The van der Waals surface area contributed by atoms with Crippen molar-refractivity contribution >= 4 is 56.0 Å². The molecule has 0 unspecified atom stereocenters. The van der Waals surface area contributed by atoms with Gasteiger partial charge in [0.15, 0.2) is 0 Å². The molecule has 0 aromatic heterocycles. The molecule has 0 saturated heterocycles. The maximum atomic E-state index is 12.0. The number of aryl methyl sites for hydroxylation is 1. The lowest BCUT2D eigenvalue weighted by atomic mass is 9.97. The number of fused-ring (bicyclic) bond motifs is 1. The number of hydrogen-bond acceptors (Lipinski definition) is 8. The van der Waals surface area contributed by atoms with Gasteiger partial charge in [0, 0.05) is 35.8 Å². The topological polar surface area (TPSA) is 121 Å². The lowest BCUT2D eigenvalue weighted by Gasteiger charge is -2.33. The molecule has 2 aliphatic heterocycles. The largest absolute Gasteiger partial charge is 0.451 e. The van der Waals surface area contributed by atoms with Gasteiger partial charge in [-0.25, -0.2) is 13.2 Å². The number of methoxy groups -OCH3 is 1. The van der Waals surface area contributed by atoms with Gasteiger partial charge in [-0.3, -0.25) is 14.5 Å². The summed E-state index contributed by atoms with van der Waals surface area (Å²) in [5.74, 6) is 1.18. The monoisotopic (exact) mass is 529 g/mol. The molecule has 2 aromatic carbocycles. The molecule has 4 rings (SSSR count). The van der Waals surface area contributed by atoms with E-state index < -0.39 is 21.4 Å². The maximum absolute atomic E-state index is 12.0. The number of hydrogen-bond donors (Lipinski definition) is 1. The molecular formula is C24H27N5O5S2. The molecule has 0 fully saturated rings. The first-order chi connectivity index (χ1) is 17.2. The van der Waals surface area contributed by atoms with Crippen molar-refractivity contribution in [3.63, 3.8) is 0 Å². The number of nitrogens with zero attached hydrogens (tertiary/aromatic N) is 4. The van der Waals surface area contributed by atoms with E-state index in [1.165, 1.54) is 7.11 Å². The number of hydrazone groups is 1. The first kappa shape index (κ1) is 25.7. The average molecular weight is 530 g/mol. The van der Waals surface area contributed by atoms with E-state index in [1.54, 1.807) is 12.1 Å². The minimum absolute atomic E-state index is 0.366. The van der Waals surface area contributed by atoms with Gasteiger partial charge in [0.05, 0.1) is 19.1 Å². The molecule has 36 heavy (non-hydrogen) atoms. The Labute approximate surface area is 214 Å². The Hall–Kier alpha value is -3.38. The van der Waals surface area contributed by atoms with E-state index >= 15 is 0 Å². The quantitative estimate of drug-likeness (QED) is 0.460. The van der Waals surface area contributed by atoms with Crippen LogP contribution in [0, 0.1) is 0 Å². The van der Waals surface area contributed by atoms with Crippen molar-refractivity contribution in [1.29, 1.82) is 0 Å². The highest BCUT2D eigenvalue weighted by Crippen LogP contribution is 2.31. The zero-order chi connectivity index (χ0) is 25.9. The maximum Gasteiger partial charge on any atom is 0.438 e. The smallest absolute Gasteiger partial charge is 0.438 e. The highest BCUT2D eigenvalue weighted by Gasteiger charge is 2.29. The summed E-state index contributed by atoms with van der Waals surface area (Å²) in [6, 6.07) is 13.2. The number of anilines is 2. The van der Waals surface area contributed by atoms with Crippen molar-refractivity contribution in [1.82, 2.24) is 5.01 Å². The van der Waals surface area contributed by atoms with Crippen LogP contribution >= 0.6 is 11.8 Å². The number of amidine groups is 1. The number of amides is 2. The molecule has 0 saturated carbocycles. The van der Waals surface area contributed by atoms with Crippen LogP contribution in [0.15, 0.2) is 52.6 Å². The number of aliphatic imine (C=N–C) groups is 1. The van der Waals surface area contributed by atoms with Crippen molar-refractivity contribution in [3.05, 3.63) is 59.2 Å². The van der Waals surface area contributed by atoms with Gasteiger partial charge >= 0.3 is 11.3 Å². The van der Waals surface area contributed by atoms with Crippen LogP contribution in [0.2, 0.25) is 0 Å². The minimum atomic E-state index is -3.36. The summed E-state index contributed by atoms with van der Waals surface area (Å²) in [5, 5.41) is 4.53. The lowest BCUT2D eigenvalue weighted by Crippen LogP contribution is -2.37. The predicted octanol–water partition coefficient (Wildman–Crippen LogP) is 3.92. The second-order valence-electron chi connectivity index (χ2n) is 8.23. The van der Waals surface area contributed by atoms with E-state index in [0.29, 0.717) is 23.7 Å². The van der Waals surface area contributed by atoms with Crippen LogP contribution in [0.3, 0.4) is 0 Å². The first-order valence-electron chi connectivity index (χ1n) is 11.4. The second kappa shape index (κ2) is 10.7. The molecule has 2 aromatic rings. The summed E-state index contributed by atoms with van der Waals surface area (Å²) in [6.45, 7) is 3.35. The van der Waals surface area contributed by atoms with Gasteiger partial charge in [-0.2, -0.15) is 5.10 Å². The normalized spacial score (nSPS) is 16.4. The van der Waals surface area contributed by atoms with Gasteiger partial charge < -0.3 is 9.64 Å². The molecule has 0 aliphatic carbocycles. The summed E-state index contributed by atoms with van der Waals surface area (Å²) in [7, 11) is -2.15. The van der Waals surface area contributed by atoms with E-state index in [4.69, 9.17) is 4.99 Å². The summed E-state index contributed by atoms with van der Waals surface area (Å²) in [6.07, 6.45) is 2.09. The second-order valence-corrected chi connectivity index (χ2v) is 10.9. The third-order valence-electron chi connectivity index (χ3n) is 5.61.